The molecule has 1 aliphatic carbocycles. The van der Waals surface area contributed by atoms with Crippen LogP contribution in [-0.4, -0.2) is 42.3 Å². The maximum Gasteiger partial charge on any atom is 0.137 e. The fraction of sp³-hybridized carbons (Fsp3) is 0.714. The molecule has 2 unspecified atom stereocenters. The van der Waals surface area contributed by atoms with Crippen molar-refractivity contribution in [2.24, 2.45) is 0 Å². The summed E-state index contributed by atoms with van der Waals surface area (Å²) in [6, 6.07) is 0.492. The monoisotopic (exact) mass is 262 g/mol. The molecule has 104 valence electrons. The van der Waals surface area contributed by atoms with E-state index in [1.165, 1.54) is 19.3 Å². The Morgan fingerprint density at radius 2 is 2.11 bits per heavy atom. The number of aromatic nitrogens is 2. The van der Waals surface area contributed by atoms with E-state index in [0.717, 1.165) is 36.2 Å². The van der Waals surface area contributed by atoms with Crippen LogP contribution in [0.25, 0.3) is 0 Å². The van der Waals surface area contributed by atoms with Gasteiger partial charge < -0.3 is 15.0 Å². The summed E-state index contributed by atoms with van der Waals surface area (Å²) in [4.78, 5) is 11.6. The number of hydrogen-bond acceptors (Lipinski definition) is 5. The summed E-state index contributed by atoms with van der Waals surface area (Å²) in [5.41, 5.74) is 1.14. The van der Waals surface area contributed by atoms with Crippen molar-refractivity contribution >= 4 is 11.6 Å². The Bertz CT molecular complexity index is 477. The van der Waals surface area contributed by atoms with Gasteiger partial charge in [0.2, 0.25) is 0 Å². The van der Waals surface area contributed by atoms with E-state index in [2.05, 4.69) is 27.1 Å². The van der Waals surface area contributed by atoms with Crippen molar-refractivity contribution in [3.05, 3.63) is 11.4 Å². The highest BCUT2D eigenvalue weighted by Gasteiger charge is 2.37. The summed E-state index contributed by atoms with van der Waals surface area (Å²) >= 11 is 0. The standard InChI is InChI=1S/C14H22N4O/c1-9-13(15-3)16-10(2)17-14(9)18-7-8-19-12-6-4-5-11(12)18/h11-12H,4-8H2,1-3H3,(H,15,16,17). The van der Waals surface area contributed by atoms with Crippen molar-refractivity contribution in [1.82, 2.24) is 9.97 Å². The first kappa shape index (κ1) is 12.7. The summed E-state index contributed by atoms with van der Waals surface area (Å²) in [6.07, 6.45) is 4.04. The molecule has 1 aromatic heterocycles. The fourth-order valence-corrected chi connectivity index (χ4v) is 3.33. The number of morpholine rings is 1. The van der Waals surface area contributed by atoms with Crippen LogP contribution in [0.3, 0.4) is 0 Å². The number of ether oxygens (including phenoxy) is 1. The summed E-state index contributed by atoms with van der Waals surface area (Å²) < 4.78 is 5.88. The van der Waals surface area contributed by atoms with E-state index in [4.69, 9.17) is 4.74 Å². The quantitative estimate of drug-likeness (QED) is 0.882. The lowest BCUT2D eigenvalue weighted by molar-refractivity contribution is 0.0252. The topological polar surface area (TPSA) is 50.3 Å². The lowest BCUT2D eigenvalue weighted by Gasteiger charge is -2.39. The van der Waals surface area contributed by atoms with E-state index in [1.807, 2.05) is 14.0 Å². The molecule has 1 saturated carbocycles. The molecule has 2 fully saturated rings. The van der Waals surface area contributed by atoms with E-state index in [9.17, 15) is 0 Å². The first-order valence-electron chi connectivity index (χ1n) is 7.12. The Hall–Kier alpha value is -1.36. The van der Waals surface area contributed by atoms with Gasteiger partial charge >= 0.3 is 0 Å². The van der Waals surface area contributed by atoms with Gasteiger partial charge in [0.05, 0.1) is 18.8 Å². The molecular weight excluding hydrogens is 240 g/mol. The Labute approximate surface area is 114 Å². The van der Waals surface area contributed by atoms with Crippen molar-refractivity contribution in [3.63, 3.8) is 0 Å². The van der Waals surface area contributed by atoms with Crippen molar-refractivity contribution < 1.29 is 4.74 Å². The lowest BCUT2D eigenvalue weighted by atomic mass is 10.1. The van der Waals surface area contributed by atoms with E-state index >= 15 is 0 Å². The molecule has 1 N–H and O–H groups in total. The minimum absolute atomic E-state index is 0.390. The average Bonchev–Trinajstić information content (AvgIpc) is 2.89. The van der Waals surface area contributed by atoms with Crippen LogP contribution in [0.5, 0.6) is 0 Å². The molecule has 0 bridgehead atoms. The van der Waals surface area contributed by atoms with Crippen molar-refractivity contribution in [3.8, 4) is 0 Å². The van der Waals surface area contributed by atoms with Crippen LogP contribution in [0.4, 0.5) is 11.6 Å². The molecule has 1 saturated heterocycles. The molecule has 2 heterocycles. The van der Waals surface area contributed by atoms with Gasteiger partial charge in [-0.3, -0.25) is 0 Å². The number of anilines is 2. The van der Waals surface area contributed by atoms with Crippen LogP contribution in [-0.2, 0) is 4.74 Å². The minimum atomic E-state index is 0.390. The predicted molar refractivity (Wildman–Crippen MR) is 75.8 cm³/mol. The third-order valence-electron chi connectivity index (χ3n) is 4.22. The SMILES string of the molecule is CNc1nc(C)nc(N2CCOC3CCCC32)c1C. The molecule has 2 aliphatic rings. The maximum atomic E-state index is 5.88. The van der Waals surface area contributed by atoms with Crippen molar-refractivity contribution in [2.75, 3.05) is 30.4 Å². The predicted octanol–water partition coefficient (Wildman–Crippen LogP) is 1.89. The summed E-state index contributed by atoms with van der Waals surface area (Å²) in [6.45, 7) is 5.79. The van der Waals surface area contributed by atoms with Gasteiger partial charge in [0.1, 0.15) is 17.5 Å². The van der Waals surface area contributed by atoms with E-state index in [-0.39, 0.29) is 0 Å². The smallest absolute Gasteiger partial charge is 0.137 e. The van der Waals surface area contributed by atoms with Gasteiger partial charge in [-0.05, 0) is 33.1 Å². The van der Waals surface area contributed by atoms with E-state index < -0.39 is 0 Å². The average molecular weight is 262 g/mol. The zero-order valence-corrected chi connectivity index (χ0v) is 11.9. The van der Waals surface area contributed by atoms with Gasteiger partial charge in [0, 0.05) is 19.2 Å². The van der Waals surface area contributed by atoms with E-state index in [1.54, 1.807) is 0 Å². The molecule has 5 heteroatoms. The molecule has 0 radical (unpaired) electrons. The number of nitrogens with zero attached hydrogens (tertiary/aromatic N) is 3. The molecule has 0 spiro atoms. The Balaban J connectivity index is 1.98. The second-order valence-corrected chi connectivity index (χ2v) is 5.42. The summed E-state index contributed by atoms with van der Waals surface area (Å²) in [5, 5.41) is 3.17. The first-order valence-corrected chi connectivity index (χ1v) is 7.12. The van der Waals surface area contributed by atoms with Gasteiger partial charge in [-0.25, -0.2) is 9.97 Å². The van der Waals surface area contributed by atoms with Gasteiger partial charge in [-0.2, -0.15) is 0 Å². The lowest BCUT2D eigenvalue weighted by Crippen LogP contribution is -2.49. The minimum Gasteiger partial charge on any atom is -0.374 e. The Morgan fingerprint density at radius 1 is 1.26 bits per heavy atom. The number of fused-ring (bicyclic) bond motifs is 1. The second kappa shape index (κ2) is 4.96. The number of nitrogens with one attached hydrogen (secondary N) is 1. The fourth-order valence-electron chi connectivity index (χ4n) is 3.33. The van der Waals surface area contributed by atoms with Gasteiger partial charge in [0.15, 0.2) is 0 Å². The van der Waals surface area contributed by atoms with Crippen LogP contribution in [0, 0.1) is 13.8 Å². The molecule has 3 rings (SSSR count). The zero-order valence-electron chi connectivity index (χ0n) is 11.9. The van der Waals surface area contributed by atoms with E-state index in [0.29, 0.717) is 12.1 Å². The molecular formula is C14H22N4O. The van der Waals surface area contributed by atoms with Gasteiger partial charge in [-0.1, -0.05) is 0 Å². The largest absolute Gasteiger partial charge is 0.374 e. The summed E-state index contributed by atoms with van der Waals surface area (Å²) in [5.74, 6) is 2.84. The molecule has 1 aliphatic heterocycles. The number of hydrogen-bond donors (Lipinski definition) is 1. The molecule has 5 nitrogen and oxygen atoms in total. The highest BCUT2D eigenvalue weighted by atomic mass is 16.5. The van der Waals surface area contributed by atoms with Crippen LogP contribution in [0.15, 0.2) is 0 Å². The Kier molecular flexibility index (Phi) is 3.31. The molecule has 1 aromatic rings. The molecule has 0 aromatic carbocycles. The second-order valence-electron chi connectivity index (χ2n) is 5.42. The molecule has 19 heavy (non-hydrogen) atoms. The zero-order chi connectivity index (χ0) is 13.4. The molecule has 0 amide bonds. The maximum absolute atomic E-state index is 5.88. The third kappa shape index (κ3) is 2.16. The summed E-state index contributed by atoms with van der Waals surface area (Å²) in [7, 11) is 1.91. The normalized spacial score (nSPS) is 26.4. The van der Waals surface area contributed by atoms with Gasteiger partial charge in [-0.15, -0.1) is 0 Å². The molecule has 2 atom stereocenters. The van der Waals surface area contributed by atoms with Crippen molar-refractivity contribution in [1.29, 1.82) is 0 Å². The first-order chi connectivity index (χ1) is 9.20. The Morgan fingerprint density at radius 3 is 2.89 bits per heavy atom. The third-order valence-corrected chi connectivity index (χ3v) is 4.22. The van der Waals surface area contributed by atoms with Gasteiger partial charge in [0.25, 0.3) is 0 Å². The van der Waals surface area contributed by atoms with Crippen LogP contribution in [0.1, 0.15) is 30.7 Å². The van der Waals surface area contributed by atoms with Crippen LogP contribution >= 0.6 is 0 Å². The highest BCUT2D eigenvalue weighted by molar-refractivity contribution is 5.59. The highest BCUT2D eigenvalue weighted by Crippen LogP contribution is 2.34. The number of aryl methyl sites for hydroxylation is 1. The van der Waals surface area contributed by atoms with Crippen LogP contribution in [0.2, 0.25) is 0 Å². The number of rotatable bonds is 2. The van der Waals surface area contributed by atoms with Crippen LogP contribution < -0.4 is 10.2 Å². The van der Waals surface area contributed by atoms with Crippen molar-refractivity contribution in [2.45, 2.75) is 45.3 Å².